The van der Waals surface area contributed by atoms with Gasteiger partial charge in [-0.15, -0.1) is 53.6 Å². The largest absolute Gasteiger partial charge is 0.501 e. The van der Waals surface area contributed by atoms with Crippen LogP contribution in [0.25, 0.3) is 55.6 Å². The van der Waals surface area contributed by atoms with Crippen LogP contribution in [0.1, 0.15) is 74.8 Å². The van der Waals surface area contributed by atoms with Crippen molar-refractivity contribution in [1.82, 2.24) is 9.97 Å². The number of rotatable bonds is 7. The first kappa shape index (κ1) is 39.0. The van der Waals surface area contributed by atoms with Gasteiger partial charge in [-0.3, -0.25) is 0 Å². The Morgan fingerprint density at radius 2 is 1.49 bits per heavy atom. The standard InChI is InChI=1S/C29H23FNO.C20H26NSi.Ir/c30-23-11-8-21(9-12-23)22-10-13-28-26(18-22)24-6-3-7-25(29(24)32-28)27-17-20(14-15-31-27)16-19-4-1-2-5-19;1-22(2,3)19-13-14-20(21-15-19)18-11-9-17(10-12-18)16-7-5-4-6-8-16;/h3,6,8-15,17-19H,1-2,4-5,16H2;9-11,13-16H,4-8H2,1-3H3;/q2*-1;. The first-order chi connectivity index (χ1) is 26.3. The van der Waals surface area contributed by atoms with Gasteiger partial charge in [0.1, 0.15) is 11.4 Å². The first-order valence-electron chi connectivity index (χ1n) is 19.9. The summed E-state index contributed by atoms with van der Waals surface area (Å²) in [6.45, 7) is 7.07. The number of hydrogen-bond donors (Lipinski definition) is 0. The van der Waals surface area contributed by atoms with E-state index in [9.17, 15) is 4.39 Å². The van der Waals surface area contributed by atoms with E-state index in [1.807, 2.05) is 30.5 Å². The van der Waals surface area contributed by atoms with Crippen molar-refractivity contribution >= 4 is 35.2 Å². The molecule has 0 unspecified atom stereocenters. The van der Waals surface area contributed by atoms with Gasteiger partial charge in [0.15, 0.2) is 0 Å². The van der Waals surface area contributed by atoms with E-state index in [4.69, 9.17) is 4.42 Å². The van der Waals surface area contributed by atoms with Crippen molar-refractivity contribution in [2.45, 2.75) is 89.8 Å². The zero-order chi connectivity index (χ0) is 37.1. The van der Waals surface area contributed by atoms with Gasteiger partial charge < -0.3 is 14.4 Å². The summed E-state index contributed by atoms with van der Waals surface area (Å²) in [7, 11) is -1.26. The van der Waals surface area contributed by atoms with Gasteiger partial charge in [0.2, 0.25) is 0 Å². The molecule has 1 radical (unpaired) electrons. The summed E-state index contributed by atoms with van der Waals surface area (Å²) in [6, 6.07) is 38.9. The maximum Gasteiger partial charge on any atom is 0.123 e. The molecule has 6 heteroatoms. The zero-order valence-electron chi connectivity index (χ0n) is 32.1. The molecule has 0 saturated heterocycles. The fourth-order valence-corrected chi connectivity index (χ4v) is 9.36. The number of hydrogen-bond acceptors (Lipinski definition) is 3. The summed E-state index contributed by atoms with van der Waals surface area (Å²) in [6.07, 6.45) is 17.3. The topological polar surface area (TPSA) is 38.9 Å². The number of benzene rings is 4. The van der Waals surface area contributed by atoms with Crippen LogP contribution in [0.4, 0.5) is 4.39 Å². The molecule has 0 N–H and O–H groups in total. The van der Waals surface area contributed by atoms with Gasteiger partial charge in [-0.25, -0.2) is 4.39 Å². The van der Waals surface area contributed by atoms with Crippen LogP contribution in [0.3, 0.4) is 0 Å². The second-order valence-electron chi connectivity index (χ2n) is 16.4. The number of nitrogens with zero attached hydrogens (tertiary/aromatic N) is 2. The van der Waals surface area contributed by atoms with Crippen LogP contribution in [0.5, 0.6) is 0 Å². The molecule has 3 aromatic heterocycles. The molecule has 55 heavy (non-hydrogen) atoms. The predicted molar refractivity (Wildman–Crippen MR) is 224 cm³/mol. The van der Waals surface area contributed by atoms with Gasteiger partial charge in [-0.05, 0) is 70.4 Å². The van der Waals surface area contributed by atoms with E-state index < -0.39 is 8.07 Å². The average Bonchev–Trinajstić information content (AvgIpc) is 3.86. The number of furan rings is 1. The van der Waals surface area contributed by atoms with Gasteiger partial charge in [-0.1, -0.05) is 136 Å². The molecular weight excluding hydrogens is 872 g/mol. The van der Waals surface area contributed by atoms with Crippen molar-refractivity contribution in [2.75, 3.05) is 0 Å². The molecule has 3 heterocycles. The molecule has 2 fully saturated rings. The summed E-state index contributed by atoms with van der Waals surface area (Å²) in [4.78, 5) is 9.31. The van der Waals surface area contributed by atoms with E-state index in [1.54, 1.807) is 12.1 Å². The third-order valence-corrected chi connectivity index (χ3v) is 13.5. The third kappa shape index (κ3) is 9.09. The Morgan fingerprint density at radius 3 is 2.20 bits per heavy atom. The average molecular weight is 921 g/mol. The minimum absolute atomic E-state index is 0. The van der Waals surface area contributed by atoms with E-state index >= 15 is 0 Å². The van der Waals surface area contributed by atoms with E-state index in [-0.39, 0.29) is 25.9 Å². The van der Waals surface area contributed by atoms with Crippen LogP contribution < -0.4 is 5.19 Å². The second kappa shape index (κ2) is 17.3. The molecule has 283 valence electrons. The Morgan fingerprint density at radius 1 is 0.727 bits per heavy atom. The quantitative estimate of drug-likeness (QED) is 0.118. The fourth-order valence-electron chi connectivity index (χ4n) is 8.32. The summed E-state index contributed by atoms with van der Waals surface area (Å²) in [5.41, 5.74) is 10.4. The Kier molecular flexibility index (Phi) is 12.3. The van der Waals surface area contributed by atoms with Crippen molar-refractivity contribution in [3.63, 3.8) is 0 Å². The molecule has 0 amide bonds. The maximum atomic E-state index is 13.3. The van der Waals surface area contributed by atoms with E-state index in [0.29, 0.717) is 0 Å². The molecule has 4 aromatic carbocycles. The minimum atomic E-state index is -1.26. The summed E-state index contributed by atoms with van der Waals surface area (Å²) in [5, 5.41) is 3.50. The molecule has 0 aliphatic heterocycles. The van der Waals surface area contributed by atoms with Gasteiger partial charge in [0.05, 0.1) is 13.7 Å². The normalized spacial score (nSPS) is 15.1. The van der Waals surface area contributed by atoms with Crippen LogP contribution in [-0.4, -0.2) is 18.0 Å². The Balaban J connectivity index is 0.000000178. The summed E-state index contributed by atoms with van der Waals surface area (Å²) >= 11 is 0. The van der Waals surface area contributed by atoms with E-state index in [0.717, 1.165) is 73.8 Å². The third-order valence-electron chi connectivity index (χ3n) is 11.5. The van der Waals surface area contributed by atoms with Gasteiger partial charge >= 0.3 is 0 Å². The molecule has 2 aliphatic carbocycles. The maximum absolute atomic E-state index is 13.3. The Labute approximate surface area is 340 Å². The molecule has 9 rings (SSSR count). The Hall–Kier alpha value is -4.22. The predicted octanol–water partition coefficient (Wildman–Crippen LogP) is 13.1. The van der Waals surface area contributed by atoms with Crippen LogP contribution in [0.15, 0.2) is 114 Å². The minimum Gasteiger partial charge on any atom is -0.501 e. The van der Waals surface area contributed by atoms with Crippen LogP contribution >= 0.6 is 0 Å². The van der Waals surface area contributed by atoms with Gasteiger partial charge in [-0.2, -0.15) is 0 Å². The van der Waals surface area contributed by atoms with Crippen LogP contribution in [-0.2, 0) is 26.5 Å². The summed E-state index contributed by atoms with van der Waals surface area (Å²) < 4.78 is 19.6. The summed E-state index contributed by atoms with van der Waals surface area (Å²) in [5.74, 6) is 1.31. The van der Waals surface area contributed by atoms with Crippen LogP contribution in [0, 0.1) is 23.9 Å². The molecule has 0 spiro atoms. The number of aromatic nitrogens is 2. The molecule has 3 nitrogen and oxygen atoms in total. The van der Waals surface area contributed by atoms with Gasteiger partial charge in [0.25, 0.3) is 0 Å². The monoisotopic (exact) mass is 921 g/mol. The Bertz CT molecular complexity index is 2330. The molecular formula is C49H49FIrN2OSi-2. The van der Waals surface area contributed by atoms with Crippen molar-refractivity contribution in [3.8, 4) is 33.6 Å². The van der Waals surface area contributed by atoms with E-state index in [1.165, 1.54) is 86.2 Å². The molecule has 0 atom stereocenters. The van der Waals surface area contributed by atoms with Crippen LogP contribution in [0.2, 0.25) is 19.6 Å². The molecule has 2 aliphatic rings. The zero-order valence-corrected chi connectivity index (χ0v) is 35.5. The second-order valence-corrected chi connectivity index (χ2v) is 21.4. The molecule has 0 bridgehead atoms. The van der Waals surface area contributed by atoms with Crippen molar-refractivity contribution in [3.05, 3.63) is 139 Å². The van der Waals surface area contributed by atoms with Crippen molar-refractivity contribution < 1.29 is 28.9 Å². The number of fused-ring (bicyclic) bond motifs is 3. The molecule has 7 aromatic rings. The number of halogens is 1. The fraction of sp³-hybridized carbons (Fsp3) is 0.306. The first-order valence-corrected chi connectivity index (χ1v) is 23.4. The van der Waals surface area contributed by atoms with Gasteiger partial charge in [0, 0.05) is 37.9 Å². The van der Waals surface area contributed by atoms with Crippen molar-refractivity contribution in [2.24, 2.45) is 5.92 Å². The SMILES string of the molecule is C[Si](C)(C)c1ccc(-c2[c-]cc(C3CCCCC3)cc2)nc1.Fc1ccc(-c2ccc3oc4c(-c5cc(CC6CCCC6)ccn5)[c-]ccc4c3c2)cc1.[Ir]. The molecule has 2 saturated carbocycles. The smallest absolute Gasteiger partial charge is 0.123 e. The number of pyridine rings is 2. The van der Waals surface area contributed by atoms with Crippen molar-refractivity contribution in [1.29, 1.82) is 0 Å². The van der Waals surface area contributed by atoms with E-state index in [2.05, 4.69) is 96.5 Å².